The Kier molecular flexibility index (Phi) is 12.5. The molecule has 0 saturated heterocycles. The Morgan fingerprint density at radius 2 is 1.33 bits per heavy atom. The first-order chi connectivity index (χ1) is 23.6. The first-order valence-corrected chi connectivity index (χ1v) is 15.9. The lowest BCUT2D eigenvalue weighted by molar-refractivity contribution is -0.139. The number of nitrogens with two attached hydrogens (primary N) is 1. The number of amides is 1. The van der Waals surface area contributed by atoms with Crippen LogP contribution in [0.25, 0.3) is 23.3 Å². The lowest BCUT2D eigenvalue weighted by Gasteiger charge is -2.18. The number of carbonyl (C=O) groups is 2. The van der Waals surface area contributed by atoms with Crippen LogP contribution in [0.5, 0.6) is 23.0 Å². The number of aliphatic carboxylic acids is 1. The molecule has 0 saturated carbocycles. The fourth-order valence-electron chi connectivity index (χ4n) is 5.72. The molecule has 0 radical (unpaired) electrons. The van der Waals surface area contributed by atoms with Gasteiger partial charge in [-0.2, -0.15) is 0 Å². The molecule has 1 aliphatic rings. The molecule has 258 valence electrons. The van der Waals surface area contributed by atoms with Crippen molar-refractivity contribution in [3.63, 3.8) is 0 Å². The highest BCUT2D eigenvalue weighted by atomic mass is 16.6. The third-order valence-corrected chi connectivity index (χ3v) is 8.05. The number of methoxy groups -OCH3 is 4. The van der Waals surface area contributed by atoms with Gasteiger partial charge in [-0.3, -0.25) is 0 Å². The summed E-state index contributed by atoms with van der Waals surface area (Å²) in [4.78, 5) is 23.4. The summed E-state index contributed by atoms with van der Waals surface area (Å²) < 4.78 is 26.5. The topological polar surface area (TPSA) is 139 Å². The molecular weight excluding hydrogens is 624 g/mol. The number of hydrogen-bond acceptors (Lipinski definition) is 8. The van der Waals surface area contributed by atoms with E-state index in [4.69, 9.17) is 29.4 Å². The maximum atomic E-state index is 12.1. The standard InChI is InChI=1S/C21H23NO4.C18H21NO4/c1-13(2)11-19(20(23)24)22-21(25)26-12-18-16-9-5-3-7-14(16)15-8-4-6-10-17(15)18;1-20-15-8-7-12(9-14(15)19)5-6-13-10-16(21-2)18(23-4)17(11-13)22-3/h3-10,13,18-19H,11-12H2,1-2H3,(H,22,25)(H,23,24);5-11H,19H2,1-4H3/b;6-5-/t19-;/m0./s1. The Hall–Kier alpha value is -5.64. The molecule has 4 N–H and O–H groups in total. The lowest BCUT2D eigenvalue weighted by Crippen LogP contribution is -2.42. The van der Waals surface area contributed by atoms with Crippen molar-refractivity contribution >= 4 is 29.9 Å². The van der Waals surface area contributed by atoms with Gasteiger partial charge in [-0.25, -0.2) is 9.59 Å². The number of carbonyl (C=O) groups excluding carboxylic acids is 1. The molecule has 0 unspecified atom stereocenters. The summed E-state index contributed by atoms with van der Waals surface area (Å²) in [5.74, 6) is 1.52. The fourth-order valence-corrected chi connectivity index (χ4v) is 5.72. The molecule has 1 aliphatic carbocycles. The Labute approximate surface area is 287 Å². The molecule has 0 aliphatic heterocycles. The van der Waals surface area contributed by atoms with Crippen molar-refractivity contribution in [2.45, 2.75) is 32.2 Å². The van der Waals surface area contributed by atoms with Crippen LogP contribution in [0.15, 0.2) is 78.9 Å². The van der Waals surface area contributed by atoms with Crippen LogP contribution in [0.1, 0.15) is 48.4 Å². The van der Waals surface area contributed by atoms with E-state index in [9.17, 15) is 14.7 Å². The van der Waals surface area contributed by atoms with Gasteiger partial charge in [-0.05, 0) is 70.0 Å². The lowest BCUT2D eigenvalue weighted by atomic mass is 9.98. The molecule has 0 spiro atoms. The van der Waals surface area contributed by atoms with Gasteiger partial charge >= 0.3 is 12.1 Å². The van der Waals surface area contributed by atoms with E-state index in [1.807, 2.05) is 92.7 Å². The van der Waals surface area contributed by atoms with Crippen LogP contribution in [-0.4, -0.2) is 58.3 Å². The highest BCUT2D eigenvalue weighted by Gasteiger charge is 2.30. The minimum Gasteiger partial charge on any atom is -0.495 e. The number of carboxylic acids is 1. The Bertz CT molecular complexity index is 1710. The zero-order valence-electron chi connectivity index (χ0n) is 28.7. The van der Waals surface area contributed by atoms with E-state index in [1.165, 1.54) is 0 Å². The molecular formula is C39H44N2O8. The predicted molar refractivity (Wildman–Crippen MR) is 192 cm³/mol. The van der Waals surface area contributed by atoms with Crippen molar-refractivity contribution in [3.05, 3.63) is 101 Å². The minimum atomic E-state index is -1.05. The van der Waals surface area contributed by atoms with Crippen LogP contribution in [-0.2, 0) is 9.53 Å². The van der Waals surface area contributed by atoms with Crippen LogP contribution in [0.3, 0.4) is 0 Å². The minimum absolute atomic E-state index is 0.0403. The zero-order valence-corrected chi connectivity index (χ0v) is 28.7. The van der Waals surface area contributed by atoms with Crippen LogP contribution in [0.2, 0.25) is 0 Å². The Morgan fingerprint density at radius 1 is 0.776 bits per heavy atom. The molecule has 10 heteroatoms. The maximum Gasteiger partial charge on any atom is 0.407 e. The van der Waals surface area contributed by atoms with E-state index in [-0.39, 0.29) is 18.4 Å². The molecule has 49 heavy (non-hydrogen) atoms. The highest BCUT2D eigenvalue weighted by molar-refractivity contribution is 5.81. The number of anilines is 1. The van der Waals surface area contributed by atoms with Crippen molar-refractivity contribution in [1.29, 1.82) is 0 Å². The smallest absolute Gasteiger partial charge is 0.407 e. The van der Waals surface area contributed by atoms with Crippen LogP contribution in [0, 0.1) is 5.92 Å². The monoisotopic (exact) mass is 668 g/mol. The number of nitrogen functional groups attached to an aromatic ring is 1. The summed E-state index contributed by atoms with van der Waals surface area (Å²) in [5.41, 5.74) is 13.0. The summed E-state index contributed by atoms with van der Waals surface area (Å²) in [5, 5.41) is 11.7. The summed E-state index contributed by atoms with van der Waals surface area (Å²) in [6.45, 7) is 4.00. The normalized spacial score (nSPS) is 12.3. The van der Waals surface area contributed by atoms with E-state index in [1.54, 1.807) is 28.4 Å². The van der Waals surface area contributed by atoms with E-state index < -0.39 is 18.1 Å². The van der Waals surface area contributed by atoms with Gasteiger partial charge < -0.3 is 39.8 Å². The number of hydrogen-bond donors (Lipinski definition) is 3. The van der Waals surface area contributed by atoms with Crippen LogP contribution >= 0.6 is 0 Å². The molecule has 0 aromatic heterocycles. The van der Waals surface area contributed by atoms with E-state index in [2.05, 4.69) is 17.4 Å². The van der Waals surface area contributed by atoms with E-state index in [0.29, 0.717) is 35.1 Å². The molecule has 0 bridgehead atoms. The second-order valence-corrected chi connectivity index (χ2v) is 11.8. The second-order valence-electron chi connectivity index (χ2n) is 11.8. The van der Waals surface area contributed by atoms with Gasteiger partial charge in [-0.15, -0.1) is 0 Å². The first-order valence-electron chi connectivity index (χ1n) is 15.9. The van der Waals surface area contributed by atoms with Crippen LogP contribution in [0.4, 0.5) is 10.5 Å². The maximum absolute atomic E-state index is 12.1. The molecule has 1 amide bonds. The third-order valence-electron chi connectivity index (χ3n) is 8.05. The molecule has 0 heterocycles. The van der Waals surface area contributed by atoms with Gasteiger partial charge in [-0.1, -0.05) is 80.6 Å². The van der Waals surface area contributed by atoms with E-state index in [0.717, 1.165) is 33.4 Å². The summed E-state index contributed by atoms with van der Waals surface area (Å²) >= 11 is 0. The van der Waals surface area contributed by atoms with Crippen molar-refractivity contribution in [3.8, 4) is 34.1 Å². The average molecular weight is 669 g/mol. The number of benzene rings is 4. The zero-order chi connectivity index (χ0) is 35.5. The number of rotatable bonds is 12. The fraction of sp³-hybridized carbons (Fsp3) is 0.282. The van der Waals surface area contributed by atoms with Gasteiger partial charge in [0.15, 0.2) is 11.5 Å². The Morgan fingerprint density at radius 3 is 1.82 bits per heavy atom. The molecule has 4 aromatic carbocycles. The van der Waals surface area contributed by atoms with Gasteiger partial charge in [0.05, 0.1) is 34.1 Å². The molecule has 0 fully saturated rings. The van der Waals surface area contributed by atoms with Crippen molar-refractivity contribution in [2.24, 2.45) is 5.92 Å². The van der Waals surface area contributed by atoms with Gasteiger partial charge in [0.25, 0.3) is 0 Å². The van der Waals surface area contributed by atoms with Crippen LogP contribution < -0.4 is 30.0 Å². The predicted octanol–water partition coefficient (Wildman–Crippen LogP) is 7.50. The molecule has 4 aromatic rings. The largest absolute Gasteiger partial charge is 0.495 e. The van der Waals surface area contributed by atoms with Gasteiger partial charge in [0.2, 0.25) is 5.75 Å². The summed E-state index contributed by atoms with van der Waals surface area (Å²) in [7, 11) is 6.36. The van der Waals surface area contributed by atoms with Crippen molar-refractivity contribution < 1.29 is 38.4 Å². The van der Waals surface area contributed by atoms with E-state index >= 15 is 0 Å². The number of nitrogens with one attached hydrogen (secondary N) is 1. The SMILES string of the molecule is CC(C)C[C@H](NC(=O)OCC1c2ccccc2-c2ccccc21)C(=O)O.COc1ccc(/C=C\c2cc(OC)c(OC)c(OC)c2)cc1N. The van der Waals surface area contributed by atoms with Crippen molar-refractivity contribution in [2.75, 3.05) is 40.8 Å². The molecule has 1 atom stereocenters. The van der Waals surface area contributed by atoms with Gasteiger partial charge in [0.1, 0.15) is 18.4 Å². The second kappa shape index (κ2) is 17.0. The van der Waals surface area contributed by atoms with Crippen molar-refractivity contribution in [1.82, 2.24) is 5.32 Å². The summed E-state index contributed by atoms with van der Waals surface area (Å²) in [6, 6.07) is 24.6. The molecule has 10 nitrogen and oxygen atoms in total. The molecule has 5 rings (SSSR count). The third kappa shape index (κ3) is 9.04. The number of carboxylic acid groups (broad SMARTS) is 1. The quantitative estimate of drug-likeness (QED) is 0.103. The number of ether oxygens (including phenoxy) is 5. The Balaban J connectivity index is 0.000000223. The highest BCUT2D eigenvalue weighted by Crippen LogP contribution is 2.44. The number of alkyl carbamates (subject to hydrolysis) is 1. The average Bonchev–Trinajstić information content (AvgIpc) is 3.42. The summed E-state index contributed by atoms with van der Waals surface area (Å²) in [6.07, 6.45) is 3.57. The first kappa shape index (κ1) is 36.2. The van der Waals surface area contributed by atoms with Gasteiger partial charge in [0, 0.05) is 5.92 Å². The number of fused-ring (bicyclic) bond motifs is 3.